The molecule has 0 aliphatic carbocycles. The lowest BCUT2D eigenvalue weighted by atomic mass is 10.2. The predicted octanol–water partition coefficient (Wildman–Crippen LogP) is 1.30. The molecule has 0 unspecified atom stereocenters. The van der Waals surface area contributed by atoms with Gasteiger partial charge in [-0.15, -0.1) is 11.6 Å². The molecular weight excluding hydrogens is 259 g/mol. The molecule has 6 heteroatoms. The third kappa shape index (κ3) is 4.71. The van der Waals surface area contributed by atoms with Crippen LogP contribution in [0.15, 0.2) is 24.3 Å². The normalized spacial score (nSPS) is 9.89. The second-order valence-corrected chi connectivity index (χ2v) is 3.90. The molecular formula is C12H14ClFN2O2. The van der Waals surface area contributed by atoms with Gasteiger partial charge in [-0.3, -0.25) is 9.59 Å². The number of carbonyl (C=O) groups is 2. The number of hydrogen-bond acceptors (Lipinski definition) is 2. The zero-order chi connectivity index (χ0) is 13.4. The van der Waals surface area contributed by atoms with Gasteiger partial charge in [-0.25, -0.2) is 4.39 Å². The quantitative estimate of drug-likeness (QED) is 0.606. The SMILES string of the molecule is O=C(CCCl)NCCNC(=O)c1ccccc1F. The van der Waals surface area contributed by atoms with Crippen LogP contribution in [-0.2, 0) is 4.79 Å². The van der Waals surface area contributed by atoms with E-state index in [2.05, 4.69) is 10.6 Å². The Morgan fingerprint density at radius 2 is 1.83 bits per heavy atom. The first-order valence-corrected chi connectivity index (χ1v) is 6.04. The van der Waals surface area contributed by atoms with Gasteiger partial charge in [0.15, 0.2) is 0 Å². The fourth-order valence-electron chi connectivity index (χ4n) is 1.29. The van der Waals surface area contributed by atoms with Crippen LogP contribution in [-0.4, -0.2) is 30.8 Å². The Morgan fingerprint density at radius 1 is 1.17 bits per heavy atom. The van der Waals surface area contributed by atoms with E-state index in [9.17, 15) is 14.0 Å². The van der Waals surface area contributed by atoms with Gasteiger partial charge in [0.25, 0.3) is 5.91 Å². The van der Waals surface area contributed by atoms with E-state index in [1.54, 1.807) is 6.07 Å². The van der Waals surface area contributed by atoms with Crippen LogP contribution in [0.3, 0.4) is 0 Å². The molecule has 1 aromatic carbocycles. The second-order valence-electron chi connectivity index (χ2n) is 3.52. The molecule has 1 rings (SSSR count). The standard InChI is InChI=1S/C12H14ClFN2O2/c13-6-5-11(17)15-7-8-16-12(18)9-3-1-2-4-10(9)14/h1-4H,5-8H2,(H,15,17)(H,16,18). The van der Waals surface area contributed by atoms with Crippen LogP contribution in [0.1, 0.15) is 16.8 Å². The zero-order valence-corrected chi connectivity index (χ0v) is 10.5. The third-order valence-corrected chi connectivity index (χ3v) is 2.36. The first kappa shape index (κ1) is 14.4. The summed E-state index contributed by atoms with van der Waals surface area (Å²) >= 11 is 5.38. The summed E-state index contributed by atoms with van der Waals surface area (Å²) in [6, 6.07) is 5.71. The van der Waals surface area contributed by atoms with Gasteiger partial charge in [0.05, 0.1) is 5.56 Å². The molecule has 2 N–H and O–H groups in total. The topological polar surface area (TPSA) is 58.2 Å². The minimum atomic E-state index is -0.568. The third-order valence-electron chi connectivity index (χ3n) is 2.17. The van der Waals surface area contributed by atoms with Crippen LogP contribution in [0.5, 0.6) is 0 Å². The van der Waals surface area contributed by atoms with E-state index < -0.39 is 11.7 Å². The molecule has 2 amide bonds. The molecule has 0 spiro atoms. The van der Waals surface area contributed by atoms with Gasteiger partial charge in [0.1, 0.15) is 5.82 Å². The maximum atomic E-state index is 13.2. The van der Waals surface area contributed by atoms with Crippen molar-refractivity contribution >= 4 is 23.4 Å². The number of rotatable bonds is 6. The van der Waals surface area contributed by atoms with Crippen LogP contribution in [0.2, 0.25) is 0 Å². The summed E-state index contributed by atoms with van der Waals surface area (Å²) in [6.45, 7) is 0.525. The maximum absolute atomic E-state index is 13.2. The van der Waals surface area contributed by atoms with Gasteiger partial charge in [-0.05, 0) is 12.1 Å². The largest absolute Gasteiger partial charge is 0.354 e. The highest BCUT2D eigenvalue weighted by Crippen LogP contribution is 2.05. The van der Waals surface area contributed by atoms with Crippen LogP contribution in [0.4, 0.5) is 4.39 Å². The summed E-state index contributed by atoms with van der Waals surface area (Å²) in [5.74, 6) is -0.987. The van der Waals surface area contributed by atoms with Crippen molar-refractivity contribution in [1.29, 1.82) is 0 Å². The second kappa shape index (κ2) is 7.66. The van der Waals surface area contributed by atoms with Crippen molar-refractivity contribution in [3.05, 3.63) is 35.6 Å². The fourth-order valence-corrected chi connectivity index (χ4v) is 1.46. The van der Waals surface area contributed by atoms with Crippen molar-refractivity contribution in [3.8, 4) is 0 Å². The Morgan fingerprint density at radius 3 is 2.50 bits per heavy atom. The Hall–Kier alpha value is -1.62. The van der Waals surface area contributed by atoms with E-state index >= 15 is 0 Å². The van der Waals surface area contributed by atoms with Crippen LogP contribution < -0.4 is 10.6 Å². The molecule has 1 aromatic rings. The summed E-state index contributed by atoms with van der Waals surface area (Å²) in [6.07, 6.45) is 0.239. The Labute approximate surface area is 110 Å². The molecule has 0 radical (unpaired) electrons. The number of carbonyl (C=O) groups excluding carboxylic acids is 2. The molecule has 0 fully saturated rings. The van der Waals surface area contributed by atoms with Gasteiger partial charge >= 0.3 is 0 Å². The molecule has 4 nitrogen and oxygen atoms in total. The first-order chi connectivity index (χ1) is 8.65. The average Bonchev–Trinajstić information content (AvgIpc) is 2.35. The predicted molar refractivity (Wildman–Crippen MR) is 67.1 cm³/mol. The van der Waals surface area contributed by atoms with Crippen molar-refractivity contribution in [2.24, 2.45) is 0 Å². The summed E-state index contributed by atoms with van der Waals surface area (Å²) in [5.41, 5.74) is -0.00964. The molecule has 0 bridgehead atoms. The van der Waals surface area contributed by atoms with Crippen molar-refractivity contribution in [1.82, 2.24) is 10.6 Å². The van der Waals surface area contributed by atoms with E-state index in [-0.39, 0.29) is 36.9 Å². The molecule has 0 aromatic heterocycles. The van der Waals surface area contributed by atoms with E-state index in [4.69, 9.17) is 11.6 Å². The number of amides is 2. The highest BCUT2D eigenvalue weighted by atomic mass is 35.5. The minimum absolute atomic E-state index is 0.00964. The fraction of sp³-hybridized carbons (Fsp3) is 0.333. The Bertz CT molecular complexity index is 426. The Balaban J connectivity index is 2.30. The summed E-state index contributed by atoms with van der Waals surface area (Å²) in [7, 11) is 0. The monoisotopic (exact) mass is 272 g/mol. The number of alkyl halides is 1. The molecule has 0 atom stereocenters. The smallest absolute Gasteiger partial charge is 0.254 e. The van der Waals surface area contributed by atoms with Crippen molar-refractivity contribution in [2.45, 2.75) is 6.42 Å². The number of halogens is 2. The maximum Gasteiger partial charge on any atom is 0.254 e. The van der Waals surface area contributed by atoms with Gasteiger partial charge in [-0.1, -0.05) is 12.1 Å². The van der Waals surface area contributed by atoms with Gasteiger partial charge < -0.3 is 10.6 Å². The van der Waals surface area contributed by atoms with E-state index in [0.29, 0.717) is 0 Å². The molecule has 0 aliphatic heterocycles. The highest BCUT2D eigenvalue weighted by molar-refractivity contribution is 6.18. The van der Waals surface area contributed by atoms with E-state index in [1.807, 2.05) is 0 Å². The van der Waals surface area contributed by atoms with Crippen molar-refractivity contribution in [2.75, 3.05) is 19.0 Å². The van der Waals surface area contributed by atoms with E-state index in [1.165, 1.54) is 18.2 Å². The van der Waals surface area contributed by atoms with Crippen LogP contribution in [0.25, 0.3) is 0 Å². The van der Waals surface area contributed by atoms with E-state index in [0.717, 1.165) is 0 Å². The number of hydrogen-bond donors (Lipinski definition) is 2. The highest BCUT2D eigenvalue weighted by Gasteiger charge is 2.09. The number of nitrogens with one attached hydrogen (secondary N) is 2. The number of benzene rings is 1. The zero-order valence-electron chi connectivity index (χ0n) is 9.71. The van der Waals surface area contributed by atoms with Crippen molar-refractivity contribution in [3.63, 3.8) is 0 Å². The van der Waals surface area contributed by atoms with Gasteiger partial charge in [-0.2, -0.15) is 0 Å². The lowest BCUT2D eigenvalue weighted by Crippen LogP contribution is -2.35. The Kier molecular flexibility index (Phi) is 6.14. The summed E-state index contributed by atoms with van der Waals surface area (Å²) in [5, 5.41) is 5.08. The first-order valence-electron chi connectivity index (χ1n) is 5.50. The summed E-state index contributed by atoms with van der Waals surface area (Å²) in [4.78, 5) is 22.6. The lowest BCUT2D eigenvalue weighted by molar-refractivity contribution is -0.120. The van der Waals surface area contributed by atoms with Gasteiger partial charge in [0.2, 0.25) is 5.91 Å². The average molecular weight is 273 g/mol. The molecule has 18 heavy (non-hydrogen) atoms. The van der Waals surface area contributed by atoms with Crippen LogP contribution in [0, 0.1) is 5.82 Å². The van der Waals surface area contributed by atoms with Gasteiger partial charge in [0, 0.05) is 25.4 Å². The molecule has 0 saturated heterocycles. The molecule has 0 heterocycles. The molecule has 0 saturated carbocycles. The molecule has 98 valence electrons. The minimum Gasteiger partial charge on any atom is -0.354 e. The molecule has 0 aliphatic rings. The van der Waals surface area contributed by atoms with Crippen molar-refractivity contribution < 1.29 is 14.0 Å². The lowest BCUT2D eigenvalue weighted by Gasteiger charge is -2.07. The summed E-state index contributed by atoms with van der Waals surface area (Å²) < 4.78 is 13.2. The van der Waals surface area contributed by atoms with Crippen LogP contribution >= 0.6 is 11.6 Å².